The summed E-state index contributed by atoms with van der Waals surface area (Å²) in [6.07, 6.45) is 3.97. The molecule has 0 unspecified atom stereocenters. The van der Waals surface area contributed by atoms with Gasteiger partial charge in [0.25, 0.3) is 11.5 Å². The monoisotopic (exact) mass is 468 g/mol. The number of rotatable bonds is 6. The first kappa shape index (κ1) is 21.2. The number of anilines is 1. The molecule has 9 heteroatoms. The average molecular weight is 469 g/mol. The highest BCUT2D eigenvalue weighted by Crippen LogP contribution is 2.25. The van der Waals surface area contributed by atoms with Gasteiger partial charge in [-0.15, -0.1) is 17.9 Å². The molecular formula is C22H17ClN4O2S2. The van der Waals surface area contributed by atoms with Crippen LogP contribution in [-0.2, 0) is 13.0 Å². The smallest absolute Gasteiger partial charge is 0.262 e. The van der Waals surface area contributed by atoms with E-state index >= 15 is 0 Å². The number of nitrogens with one attached hydrogen (secondary N) is 2. The van der Waals surface area contributed by atoms with Gasteiger partial charge in [-0.1, -0.05) is 35.9 Å². The minimum Gasteiger partial charge on any atom is -0.332 e. The molecule has 0 aliphatic carbocycles. The molecule has 0 aliphatic rings. The number of H-pyrrole nitrogens is 1. The van der Waals surface area contributed by atoms with Crippen LogP contribution in [0.5, 0.6) is 0 Å². The predicted octanol–water partition coefficient (Wildman–Crippen LogP) is 5.20. The number of carbonyl (C=O) groups is 1. The highest BCUT2D eigenvalue weighted by molar-refractivity contribution is 7.71. The van der Waals surface area contributed by atoms with E-state index in [1.54, 1.807) is 30.5 Å². The van der Waals surface area contributed by atoms with Gasteiger partial charge in [-0.2, -0.15) is 0 Å². The summed E-state index contributed by atoms with van der Waals surface area (Å²) in [7, 11) is 0. The van der Waals surface area contributed by atoms with Gasteiger partial charge < -0.3 is 4.98 Å². The number of hydrogen-bond donors (Lipinski definition) is 2. The number of fused-ring (bicyclic) bond motifs is 1. The van der Waals surface area contributed by atoms with Crippen LogP contribution in [-0.4, -0.2) is 20.4 Å². The molecule has 0 saturated carbocycles. The lowest BCUT2D eigenvalue weighted by atomic mass is 10.1. The topological polar surface area (TPSA) is 79.8 Å². The van der Waals surface area contributed by atoms with E-state index in [2.05, 4.69) is 21.9 Å². The molecule has 2 N–H and O–H groups in total. The van der Waals surface area contributed by atoms with Crippen molar-refractivity contribution >= 4 is 57.1 Å². The van der Waals surface area contributed by atoms with E-state index in [0.717, 1.165) is 10.4 Å². The molecule has 2 aromatic heterocycles. The molecule has 156 valence electrons. The Hall–Kier alpha value is -3.07. The van der Waals surface area contributed by atoms with Crippen LogP contribution in [0.25, 0.3) is 10.9 Å². The second kappa shape index (κ2) is 8.97. The lowest BCUT2D eigenvalue weighted by Gasteiger charge is -2.07. The molecule has 2 heterocycles. The van der Waals surface area contributed by atoms with Gasteiger partial charge in [0.2, 0.25) is 0 Å². The fraction of sp³-hybridized carbons (Fsp3) is 0.0909. The summed E-state index contributed by atoms with van der Waals surface area (Å²) in [6.45, 7) is 3.95. The summed E-state index contributed by atoms with van der Waals surface area (Å²) in [6, 6.07) is 12.4. The van der Waals surface area contributed by atoms with E-state index in [4.69, 9.17) is 23.8 Å². The Bertz CT molecular complexity index is 1420. The van der Waals surface area contributed by atoms with Crippen LogP contribution in [0.1, 0.15) is 20.8 Å². The van der Waals surface area contributed by atoms with Gasteiger partial charge in [0.15, 0.2) is 9.90 Å². The molecule has 4 aromatic rings. The number of aromatic nitrogens is 3. The molecule has 0 atom stereocenters. The fourth-order valence-corrected chi connectivity index (χ4v) is 4.44. The molecule has 2 aromatic carbocycles. The van der Waals surface area contributed by atoms with Gasteiger partial charge in [0.05, 0.1) is 10.9 Å². The second-order valence-corrected chi connectivity index (χ2v) is 8.66. The molecular weight excluding hydrogens is 452 g/mol. The van der Waals surface area contributed by atoms with Crippen LogP contribution >= 0.6 is 35.2 Å². The maximum atomic E-state index is 12.7. The standard InChI is InChI=1S/C22H17ClN4O2S2/c1-2-9-27-20(29)16-8-7-14(11-18(16)25-22(27)30)19(28)26-21-24-12-15(31-21)10-13-5-3-4-6-17(13)23/h2-8,11-12H,1,9-10H2,(H,25,30)(H,24,26,28). The zero-order valence-corrected chi connectivity index (χ0v) is 18.6. The number of aromatic amines is 1. The van der Waals surface area contributed by atoms with Gasteiger partial charge in [0, 0.05) is 34.6 Å². The van der Waals surface area contributed by atoms with Crippen LogP contribution in [0, 0.1) is 4.77 Å². The van der Waals surface area contributed by atoms with Crippen LogP contribution in [0.15, 0.2) is 66.1 Å². The summed E-state index contributed by atoms with van der Waals surface area (Å²) in [4.78, 5) is 33.6. The molecule has 31 heavy (non-hydrogen) atoms. The van der Waals surface area contributed by atoms with Crippen molar-refractivity contribution in [3.63, 3.8) is 0 Å². The maximum Gasteiger partial charge on any atom is 0.262 e. The van der Waals surface area contributed by atoms with Crippen LogP contribution < -0.4 is 10.9 Å². The third-order valence-corrected chi connectivity index (χ3v) is 6.26. The zero-order chi connectivity index (χ0) is 22.0. The van der Waals surface area contributed by atoms with Crippen molar-refractivity contribution in [2.24, 2.45) is 0 Å². The van der Waals surface area contributed by atoms with Gasteiger partial charge in [-0.25, -0.2) is 4.98 Å². The summed E-state index contributed by atoms with van der Waals surface area (Å²) in [5.41, 5.74) is 1.66. The number of thiazole rings is 1. The minimum atomic E-state index is -0.324. The highest BCUT2D eigenvalue weighted by atomic mass is 35.5. The number of hydrogen-bond acceptors (Lipinski definition) is 5. The van der Waals surface area contributed by atoms with Gasteiger partial charge in [-0.3, -0.25) is 19.5 Å². The fourth-order valence-electron chi connectivity index (χ4n) is 3.14. The van der Waals surface area contributed by atoms with Crippen LogP contribution in [0.2, 0.25) is 5.02 Å². The van der Waals surface area contributed by atoms with Crippen LogP contribution in [0.4, 0.5) is 5.13 Å². The lowest BCUT2D eigenvalue weighted by molar-refractivity contribution is 0.102. The molecule has 0 fully saturated rings. The number of nitrogens with zero attached hydrogens (tertiary/aromatic N) is 2. The molecule has 1 amide bonds. The summed E-state index contributed by atoms with van der Waals surface area (Å²) >= 11 is 12.9. The van der Waals surface area contributed by atoms with Gasteiger partial charge in [0.1, 0.15) is 0 Å². The number of carbonyl (C=O) groups excluding carboxylic acids is 1. The molecule has 0 saturated heterocycles. The molecule has 0 bridgehead atoms. The van der Waals surface area contributed by atoms with Crippen molar-refractivity contribution in [2.45, 2.75) is 13.0 Å². The van der Waals surface area contributed by atoms with E-state index in [0.29, 0.717) is 39.6 Å². The van der Waals surface area contributed by atoms with Crippen molar-refractivity contribution in [1.29, 1.82) is 0 Å². The Morgan fingerprint density at radius 1 is 1.32 bits per heavy atom. The summed E-state index contributed by atoms with van der Waals surface area (Å²) in [5, 5.41) is 4.43. The van der Waals surface area contributed by atoms with Gasteiger partial charge in [-0.05, 0) is 42.0 Å². The molecule has 0 spiro atoms. The summed E-state index contributed by atoms with van der Waals surface area (Å²) in [5.74, 6) is -0.324. The number of allylic oxidation sites excluding steroid dienone is 1. The van der Waals surface area contributed by atoms with E-state index < -0.39 is 0 Å². The van der Waals surface area contributed by atoms with Crippen LogP contribution in [0.3, 0.4) is 0 Å². The van der Waals surface area contributed by atoms with Crippen molar-refractivity contribution in [2.75, 3.05) is 5.32 Å². The largest absolute Gasteiger partial charge is 0.332 e. The second-order valence-electron chi connectivity index (χ2n) is 6.75. The molecule has 0 radical (unpaired) electrons. The van der Waals surface area contributed by atoms with E-state index in [1.165, 1.54) is 15.9 Å². The van der Waals surface area contributed by atoms with E-state index in [-0.39, 0.29) is 16.2 Å². The quantitative estimate of drug-likeness (QED) is 0.301. The van der Waals surface area contributed by atoms with Crippen molar-refractivity contribution in [3.05, 3.63) is 97.5 Å². The minimum absolute atomic E-state index is 0.227. The first-order chi connectivity index (χ1) is 15.0. The SMILES string of the molecule is C=CCn1c(=S)[nH]c2cc(C(=O)Nc3ncc(Cc4ccccc4Cl)s3)ccc2c1=O. The number of benzene rings is 2. The van der Waals surface area contributed by atoms with E-state index in [1.807, 2.05) is 24.3 Å². The predicted molar refractivity (Wildman–Crippen MR) is 128 cm³/mol. The number of halogens is 1. The van der Waals surface area contributed by atoms with Gasteiger partial charge >= 0.3 is 0 Å². The number of amides is 1. The Morgan fingerprint density at radius 3 is 2.90 bits per heavy atom. The lowest BCUT2D eigenvalue weighted by Crippen LogP contribution is -2.22. The Morgan fingerprint density at radius 2 is 2.13 bits per heavy atom. The molecule has 4 rings (SSSR count). The Labute approximate surface area is 191 Å². The normalized spacial score (nSPS) is 10.9. The first-order valence-electron chi connectivity index (χ1n) is 9.33. The first-order valence-corrected chi connectivity index (χ1v) is 10.9. The van der Waals surface area contributed by atoms with Crippen molar-refractivity contribution < 1.29 is 4.79 Å². The summed E-state index contributed by atoms with van der Waals surface area (Å²) < 4.78 is 1.69. The average Bonchev–Trinajstić information content (AvgIpc) is 3.19. The van der Waals surface area contributed by atoms with E-state index in [9.17, 15) is 9.59 Å². The third-order valence-electron chi connectivity index (χ3n) is 4.65. The Kier molecular flexibility index (Phi) is 6.13. The molecule has 0 aliphatic heterocycles. The molecule has 6 nitrogen and oxygen atoms in total. The van der Waals surface area contributed by atoms with Crippen molar-refractivity contribution in [3.8, 4) is 0 Å². The highest BCUT2D eigenvalue weighted by Gasteiger charge is 2.13. The zero-order valence-electron chi connectivity index (χ0n) is 16.2. The Balaban J connectivity index is 1.55. The van der Waals surface area contributed by atoms with Crippen molar-refractivity contribution in [1.82, 2.24) is 14.5 Å². The maximum absolute atomic E-state index is 12.7. The third kappa shape index (κ3) is 4.51.